The molecule has 1 unspecified atom stereocenters. The van der Waals surface area contributed by atoms with Gasteiger partial charge >= 0.3 is 11.9 Å². The van der Waals surface area contributed by atoms with Gasteiger partial charge in [-0.25, -0.2) is 4.79 Å². The van der Waals surface area contributed by atoms with Crippen molar-refractivity contribution >= 4 is 35.3 Å². The van der Waals surface area contributed by atoms with Crippen LogP contribution in [-0.2, 0) is 9.53 Å². The van der Waals surface area contributed by atoms with Crippen molar-refractivity contribution in [1.82, 2.24) is 0 Å². The fourth-order valence-electron chi connectivity index (χ4n) is 1.16. The van der Waals surface area contributed by atoms with Gasteiger partial charge in [0.1, 0.15) is 5.25 Å². The Bertz CT molecular complexity index is 447. The number of carboxylic acids is 1. The second kappa shape index (κ2) is 5.93. The summed E-state index contributed by atoms with van der Waals surface area (Å²) in [6.07, 6.45) is 0. The lowest BCUT2D eigenvalue weighted by molar-refractivity contribution is -0.139. The molecule has 0 bridgehead atoms. The molecule has 1 aromatic rings. The quantitative estimate of drug-likeness (QED) is 0.675. The van der Waals surface area contributed by atoms with Gasteiger partial charge in [-0.2, -0.15) is 0 Å². The minimum atomic E-state index is -1.09. The number of ether oxygens (including phenoxy) is 1. The fraction of sp³-hybridized carbons (Fsp3) is 0.273. The molecule has 1 aromatic carbocycles. The minimum Gasteiger partial charge on any atom is -0.478 e. The van der Waals surface area contributed by atoms with Crippen molar-refractivity contribution in [2.75, 3.05) is 7.11 Å². The van der Waals surface area contributed by atoms with Gasteiger partial charge in [0.05, 0.1) is 17.7 Å². The van der Waals surface area contributed by atoms with E-state index in [0.29, 0.717) is 4.90 Å². The number of rotatable bonds is 4. The van der Waals surface area contributed by atoms with Gasteiger partial charge in [0, 0.05) is 4.90 Å². The Kier molecular flexibility index (Phi) is 4.84. The van der Waals surface area contributed by atoms with Gasteiger partial charge < -0.3 is 9.84 Å². The van der Waals surface area contributed by atoms with Crippen LogP contribution >= 0.6 is 23.4 Å². The van der Waals surface area contributed by atoms with Crippen LogP contribution < -0.4 is 0 Å². The molecule has 1 N–H and O–H groups in total. The minimum absolute atomic E-state index is 0.0220. The van der Waals surface area contributed by atoms with Crippen molar-refractivity contribution in [1.29, 1.82) is 0 Å². The third-order valence-electron chi connectivity index (χ3n) is 2.01. The third-order valence-corrected chi connectivity index (χ3v) is 3.42. The second-order valence-electron chi connectivity index (χ2n) is 3.23. The number of aromatic carboxylic acids is 1. The first-order valence-electron chi connectivity index (χ1n) is 4.73. The predicted octanol–water partition coefficient (Wildman–Crippen LogP) is 2.69. The van der Waals surface area contributed by atoms with Crippen molar-refractivity contribution in [2.45, 2.75) is 17.1 Å². The number of benzene rings is 1. The zero-order chi connectivity index (χ0) is 13.0. The van der Waals surface area contributed by atoms with E-state index < -0.39 is 11.2 Å². The summed E-state index contributed by atoms with van der Waals surface area (Å²) < 4.78 is 4.58. The van der Waals surface area contributed by atoms with Gasteiger partial charge in [-0.05, 0) is 25.1 Å². The zero-order valence-electron chi connectivity index (χ0n) is 9.27. The summed E-state index contributed by atoms with van der Waals surface area (Å²) >= 11 is 6.96. The summed E-state index contributed by atoms with van der Waals surface area (Å²) in [5, 5.41) is 8.67. The first-order chi connectivity index (χ1) is 7.95. The Morgan fingerprint density at radius 2 is 2.12 bits per heavy atom. The van der Waals surface area contributed by atoms with E-state index in [9.17, 15) is 9.59 Å². The number of carboxylic acid groups (broad SMARTS) is 1. The molecule has 0 saturated heterocycles. The highest BCUT2D eigenvalue weighted by Crippen LogP contribution is 2.28. The van der Waals surface area contributed by atoms with Crippen LogP contribution in [-0.4, -0.2) is 29.4 Å². The summed E-state index contributed by atoms with van der Waals surface area (Å²) in [4.78, 5) is 22.7. The summed E-state index contributed by atoms with van der Waals surface area (Å²) in [5.41, 5.74) is 0.0220. The number of halogens is 1. The van der Waals surface area contributed by atoms with E-state index in [2.05, 4.69) is 4.74 Å². The van der Waals surface area contributed by atoms with Gasteiger partial charge in [0.25, 0.3) is 0 Å². The first kappa shape index (κ1) is 13.9. The lowest BCUT2D eigenvalue weighted by Gasteiger charge is -2.09. The highest BCUT2D eigenvalue weighted by molar-refractivity contribution is 8.00. The number of hydrogen-bond acceptors (Lipinski definition) is 4. The van der Waals surface area contributed by atoms with Crippen molar-refractivity contribution in [3.63, 3.8) is 0 Å². The van der Waals surface area contributed by atoms with Gasteiger partial charge in [0.2, 0.25) is 0 Å². The summed E-state index contributed by atoms with van der Waals surface area (Å²) in [5.74, 6) is -1.45. The van der Waals surface area contributed by atoms with Crippen LogP contribution in [0.1, 0.15) is 17.3 Å². The van der Waals surface area contributed by atoms with Crippen LogP contribution in [0.25, 0.3) is 0 Å². The van der Waals surface area contributed by atoms with E-state index in [1.165, 1.54) is 31.0 Å². The molecule has 17 heavy (non-hydrogen) atoms. The van der Waals surface area contributed by atoms with Crippen LogP contribution in [0.5, 0.6) is 0 Å². The molecule has 0 amide bonds. The SMILES string of the molecule is COC(=O)C(C)Sc1ccc(Cl)c(C(=O)O)c1. The smallest absolute Gasteiger partial charge is 0.337 e. The molecule has 0 spiro atoms. The summed E-state index contributed by atoms with van der Waals surface area (Å²) in [6.45, 7) is 1.69. The number of methoxy groups -OCH3 is 1. The van der Waals surface area contributed by atoms with E-state index in [0.717, 1.165) is 0 Å². The van der Waals surface area contributed by atoms with Crippen LogP contribution in [0.2, 0.25) is 5.02 Å². The highest BCUT2D eigenvalue weighted by atomic mass is 35.5. The zero-order valence-corrected chi connectivity index (χ0v) is 10.8. The molecule has 0 saturated carbocycles. The maximum Gasteiger partial charge on any atom is 0.337 e. The van der Waals surface area contributed by atoms with Crippen molar-refractivity contribution in [3.8, 4) is 0 Å². The Labute approximate surface area is 108 Å². The molecular formula is C11H11ClO4S. The average Bonchev–Trinajstić information content (AvgIpc) is 2.30. The van der Waals surface area contributed by atoms with Crippen molar-refractivity contribution in [3.05, 3.63) is 28.8 Å². The monoisotopic (exact) mass is 274 g/mol. The van der Waals surface area contributed by atoms with Crippen LogP contribution in [0, 0.1) is 0 Å². The summed E-state index contributed by atoms with van der Waals surface area (Å²) in [6, 6.07) is 4.60. The fourth-order valence-corrected chi connectivity index (χ4v) is 2.29. The largest absolute Gasteiger partial charge is 0.478 e. The molecule has 1 rings (SSSR count). The van der Waals surface area contributed by atoms with Gasteiger partial charge in [0.15, 0.2) is 0 Å². The van der Waals surface area contributed by atoms with Crippen LogP contribution in [0.15, 0.2) is 23.1 Å². The third kappa shape index (κ3) is 3.64. The Hall–Kier alpha value is -1.20. The van der Waals surface area contributed by atoms with Gasteiger partial charge in [-0.3, -0.25) is 4.79 Å². The Morgan fingerprint density at radius 3 is 2.65 bits per heavy atom. The molecule has 4 nitrogen and oxygen atoms in total. The molecule has 6 heteroatoms. The molecule has 1 atom stereocenters. The maximum absolute atomic E-state index is 11.2. The highest BCUT2D eigenvalue weighted by Gasteiger charge is 2.16. The Balaban J connectivity index is 2.90. The molecule has 0 aliphatic rings. The maximum atomic E-state index is 11.2. The second-order valence-corrected chi connectivity index (χ2v) is 5.05. The average molecular weight is 275 g/mol. The van der Waals surface area contributed by atoms with Crippen LogP contribution in [0.4, 0.5) is 0 Å². The van der Waals surface area contributed by atoms with Crippen molar-refractivity contribution < 1.29 is 19.4 Å². The molecule has 92 valence electrons. The van der Waals surface area contributed by atoms with Gasteiger partial charge in [-0.1, -0.05) is 11.6 Å². The lowest BCUT2D eigenvalue weighted by Crippen LogP contribution is -2.14. The number of hydrogen-bond donors (Lipinski definition) is 1. The number of thioether (sulfide) groups is 1. The standard InChI is InChI=1S/C11H11ClO4S/c1-6(11(15)16-2)17-7-3-4-9(12)8(5-7)10(13)14/h3-6H,1-2H3,(H,13,14). The van der Waals surface area contributed by atoms with E-state index in [1.54, 1.807) is 13.0 Å². The number of carbonyl (C=O) groups is 2. The molecule has 0 aromatic heterocycles. The topological polar surface area (TPSA) is 63.6 Å². The molecule has 0 aliphatic carbocycles. The van der Waals surface area contributed by atoms with E-state index in [1.807, 2.05) is 0 Å². The molecule has 0 fully saturated rings. The van der Waals surface area contributed by atoms with E-state index in [4.69, 9.17) is 16.7 Å². The molecule has 0 heterocycles. The van der Waals surface area contributed by atoms with Gasteiger partial charge in [-0.15, -0.1) is 11.8 Å². The molecule has 0 radical (unpaired) electrons. The van der Waals surface area contributed by atoms with E-state index in [-0.39, 0.29) is 16.6 Å². The first-order valence-corrected chi connectivity index (χ1v) is 5.98. The van der Waals surface area contributed by atoms with Crippen LogP contribution in [0.3, 0.4) is 0 Å². The van der Waals surface area contributed by atoms with Crippen molar-refractivity contribution in [2.24, 2.45) is 0 Å². The Morgan fingerprint density at radius 1 is 1.47 bits per heavy atom. The lowest BCUT2D eigenvalue weighted by atomic mass is 10.2. The molecular weight excluding hydrogens is 264 g/mol. The summed E-state index contributed by atoms with van der Waals surface area (Å²) in [7, 11) is 1.31. The predicted molar refractivity (Wildman–Crippen MR) is 65.7 cm³/mol. The number of esters is 1. The van der Waals surface area contributed by atoms with E-state index >= 15 is 0 Å². The normalized spacial score (nSPS) is 11.9. The molecule has 0 aliphatic heterocycles. The number of carbonyl (C=O) groups excluding carboxylic acids is 1.